The zero-order chi connectivity index (χ0) is 17.4. The van der Waals surface area contributed by atoms with Crippen molar-refractivity contribution in [1.82, 2.24) is 19.1 Å². The van der Waals surface area contributed by atoms with Crippen LogP contribution in [0.4, 0.5) is 0 Å². The molecule has 0 unspecified atom stereocenters. The molecule has 1 aromatic rings. The van der Waals surface area contributed by atoms with E-state index in [0.29, 0.717) is 23.4 Å². The van der Waals surface area contributed by atoms with Crippen LogP contribution in [0.5, 0.6) is 0 Å². The fourth-order valence-corrected chi connectivity index (χ4v) is 3.08. The van der Waals surface area contributed by atoms with Gasteiger partial charge >= 0.3 is 5.69 Å². The summed E-state index contributed by atoms with van der Waals surface area (Å²) in [5.41, 5.74) is 0.980. The van der Waals surface area contributed by atoms with E-state index in [4.69, 9.17) is 6.42 Å². The molecule has 0 spiro atoms. The summed E-state index contributed by atoms with van der Waals surface area (Å²) in [7, 11) is 1.39. The number of unbranched alkanes of at least 4 members (excludes halogenated alkanes) is 1. The van der Waals surface area contributed by atoms with Gasteiger partial charge in [0, 0.05) is 18.1 Å². The Morgan fingerprint density at radius 2 is 2.04 bits per heavy atom. The van der Waals surface area contributed by atoms with Crippen molar-refractivity contribution in [3.05, 3.63) is 43.0 Å². The second kappa shape index (κ2) is 6.21. The minimum absolute atomic E-state index is 0.152. The van der Waals surface area contributed by atoms with E-state index in [0.717, 1.165) is 27.4 Å². The zero-order valence-electron chi connectivity index (χ0n) is 13.3. The first kappa shape index (κ1) is 16.4. The van der Waals surface area contributed by atoms with Gasteiger partial charge in [0.15, 0.2) is 11.5 Å². The molecule has 122 valence electrons. The van der Waals surface area contributed by atoms with Crippen LogP contribution in [0, 0.1) is 12.3 Å². The predicted molar refractivity (Wildman–Crippen MR) is 96.2 cm³/mol. The number of benzene rings is 1. The fourth-order valence-electron chi connectivity index (χ4n) is 2.63. The molecule has 7 heteroatoms. The average Bonchev–Trinajstić information content (AvgIpc) is 2.57. The van der Waals surface area contributed by atoms with Crippen LogP contribution in [0.15, 0.2) is 26.2 Å². The highest BCUT2D eigenvalue weighted by molar-refractivity contribution is 9.10. The van der Waals surface area contributed by atoms with Crippen molar-refractivity contribution in [3.8, 4) is 23.9 Å². The lowest BCUT2D eigenvalue weighted by atomic mass is 10.1. The second-order valence-electron chi connectivity index (χ2n) is 5.51. The molecule has 0 radical (unpaired) electrons. The van der Waals surface area contributed by atoms with Crippen molar-refractivity contribution in [2.24, 2.45) is 7.05 Å². The summed E-state index contributed by atoms with van der Waals surface area (Å²) >= 11 is 3.45. The highest BCUT2D eigenvalue weighted by Crippen LogP contribution is 2.27. The Morgan fingerprint density at radius 3 is 2.71 bits per heavy atom. The van der Waals surface area contributed by atoms with E-state index in [-0.39, 0.29) is 5.69 Å². The minimum Gasteiger partial charge on any atom is -0.322 e. The van der Waals surface area contributed by atoms with E-state index < -0.39 is 11.2 Å². The van der Waals surface area contributed by atoms with Gasteiger partial charge in [-0.2, -0.15) is 4.98 Å². The van der Waals surface area contributed by atoms with Gasteiger partial charge in [0.1, 0.15) is 5.52 Å². The molecule has 0 aromatic heterocycles. The first-order valence-corrected chi connectivity index (χ1v) is 8.34. The van der Waals surface area contributed by atoms with Gasteiger partial charge in [-0.1, -0.05) is 35.2 Å². The Morgan fingerprint density at radius 1 is 1.29 bits per heavy atom. The summed E-state index contributed by atoms with van der Waals surface area (Å²) in [6.45, 7) is 2.69. The highest BCUT2D eigenvalue weighted by Gasteiger charge is 2.21. The highest BCUT2D eigenvalue weighted by atomic mass is 79.9. The lowest BCUT2D eigenvalue weighted by Gasteiger charge is -2.18. The molecule has 0 atom stereocenters. The van der Waals surface area contributed by atoms with Crippen LogP contribution in [0.3, 0.4) is 0 Å². The van der Waals surface area contributed by atoms with Crippen molar-refractivity contribution in [3.63, 3.8) is 0 Å². The third-order valence-corrected chi connectivity index (χ3v) is 4.38. The van der Waals surface area contributed by atoms with Crippen molar-refractivity contribution < 1.29 is 0 Å². The van der Waals surface area contributed by atoms with E-state index in [1.165, 1.54) is 7.05 Å². The third-order valence-electron chi connectivity index (χ3n) is 3.92. The molecule has 3 rings (SSSR count). The van der Waals surface area contributed by atoms with Crippen LogP contribution in [-0.2, 0) is 13.6 Å². The van der Waals surface area contributed by atoms with Crippen molar-refractivity contribution in [1.29, 1.82) is 0 Å². The number of fused-ring (bicyclic) bond motifs is 2. The maximum Gasteiger partial charge on any atom is 0.352 e. The topological polar surface area (TPSA) is 69.8 Å². The van der Waals surface area contributed by atoms with Crippen molar-refractivity contribution in [2.45, 2.75) is 26.3 Å². The van der Waals surface area contributed by atoms with Gasteiger partial charge in [0.05, 0.1) is 11.1 Å². The van der Waals surface area contributed by atoms with Gasteiger partial charge < -0.3 is 4.57 Å². The second-order valence-corrected chi connectivity index (χ2v) is 6.43. The Balaban J connectivity index is 2.56. The molecular weight excluding hydrogens is 372 g/mol. The summed E-state index contributed by atoms with van der Waals surface area (Å²) < 4.78 is 3.62. The molecular formula is C17H15BrN4O2. The molecule has 0 bridgehead atoms. The molecule has 0 saturated heterocycles. The Hall–Kier alpha value is -2.46. The van der Waals surface area contributed by atoms with Crippen molar-refractivity contribution in [2.75, 3.05) is 0 Å². The lowest BCUT2D eigenvalue weighted by Crippen LogP contribution is -2.36. The summed E-state index contributed by atoms with van der Waals surface area (Å²) in [4.78, 5) is 33.0. The van der Waals surface area contributed by atoms with Crippen LogP contribution in [0.2, 0.25) is 0 Å². The van der Waals surface area contributed by atoms with E-state index >= 15 is 0 Å². The summed E-state index contributed by atoms with van der Waals surface area (Å²) in [6.07, 6.45) is 7.44. The van der Waals surface area contributed by atoms with Crippen LogP contribution >= 0.6 is 15.9 Å². The SMILES string of the molecule is C#Cc1cc(Br)cc2c1nc1c(=O)n(C)c(=O)nc-1n2CCCC. The van der Waals surface area contributed by atoms with Crippen LogP contribution in [-0.4, -0.2) is 19.1 Å². The fraction of sp³-hybridized carbons (Fsp3) is 0.294. The smallest absolute Gasteiger partial charge is 0.322 e. The monoisotopic (exact) mass is 386 g/mol. The van der Waals surface area contributed by atoms with Gasteiger partial charge in [-0.05, 0) is 18.6 Å². The largest absolute Gasteiger partial charge is 0.352 e. The number of nitrogens with zero attached hydrogens (tertiary/aromatic N) is 4. The lowest BCUT2D eigenvalue weighted by molar-refractivity contribution is 0.631. The van der Waals surface area contributed by atoms with Crippen LogP contribution < -0.4 is 11.2 Å². The van der Waals surface area contributed by atoms with Gasteiger partial charge in [0.2, 0.25) is 0 Å². The minimum atomic E-state index is -0.592. The molecule has 24 heavy (non-hydrogen) atoms. The van der Waals surface area contributed by atoms with Gasteiger partial charge in [-0.3, -0.25) is 9.36 Å². The number of terminal acetylenes is 1. The molecule has 0 aliphatic carbocycles. The van der Waals surface area contributed by atoms with E-state index in [2.05, 4.69) is 38.7 Å². The Labute approximate surface area is 146 Å². The maximum absolute atomic E-state index is 12.5. The number of hydrogen-bond acceptors (Lipinski definition) is 4. The average molecular weight is 387 g/mol. The number of aryl methyl sites for hydroxylation is 1. The first-order valence-electron chi connectivity index (χ1n) is 7.55. The van der Waals surface area contributed by atoms with E-state index in [1.807, 2.05) is 10.6 Å². The molecule has 0 saturated carbocycles. The third kappa shape index (κ3) is 2.53. The normalized spacial score (nSPS) is 11.1. The number of rotatable bonds is 3. The van der Waals surface area contributed by atoms with Gasteiger partial charge in [-0.25, -0.2) is 9.78 Å². The Bertz CT molecular complexity index is 1080. The zero-order valence-corrected chi connectivity index (χ0v) is 14.9. The molecule has 0 amide bonds. The predicted octanol–water partition coefficient (Wildman–Crippen LogP) is 2.14. The van der Waals surface area contributed by atoms with E-state index in [9.17, 15) is 9.59 Å². The molecule has 2 aliphatic rings. The van der Waals surface area contributed by atoms with E-state index in [1.54, 1.807) is 6.07 Å². The molecule has 2 heterocycles. The van der Waals surface area contributed by atoms with Crippen LogP contribution in [0.1, 0.15) is 25.3 Å². The standard InChI is InChI=1S/C17H15BrN4O2/c1-4-6-7-22-12-9-11(18)8-10(5-2)13(12)19-14-15(22)20-17(24)21(3)16(14)23/h2,8-9H,4,6-7H2,1,3H3. The summed E-state index contributed by atoms with van der Waals surface area (Å²) in [5, 5.41) is 0. The molecule has 6 nitrogen and oxygen atoms in total. The van der Waals surface area contributed by atoms with Gasteiger partial charge in [0.25, 0.3) is 5.56 Å². The Kier molecular flexibility index (Phi) is 4.24. The first-order chi connectivity index (χ1) is 11.5. The molecule has 1 aromatic carbocycles. The molecule has 0 fully saturated rings. The van der Waals surface area contributed by atoms with Gasteiger partial charge in [-0.15, -0.1) is 6.42 Å². The molecule has 2 aliphatic heterocycles. The maximum atomic E-state index is 12.5. The van der Waals surface area contributed by atoms with Crippen molar-refractivity contribution >= 4 is 27.0 Å². The molecule has 0 N–H and O–H groups in total. The number of hydrogen-bond donors (Lipinski definition) is 0. The van der Waals surface area contributed by atoms with Crippen LogP contribution in [0.25, 0.3) is 22.6 Å². The number of aromatic nitrogens is 4. The quantitative estimate of drug-likeness (QED) is 0.510. The summed E-state index contributed by atoms with van der Waals surface area (Å²) in [5.74, 6) is 2.90. The summed E-state index contributed by atoms with van der Waals surface area (Å²) in [6, 6.07) is 3.66. The number of halogens is 1.